The summed E-state index contributed by atoms with van der Waals surface area (Å²) >= 11 is 0. The molecule has 1 atom stereocenters. The molecule has 2 aromatic rings. The Kier molecular flexibility index (Phi) is 3.98. The van der Waals surface area contributed by atoms with Gasteiger partial charge >= 0.3 is 6.18 Å². The van der Waals surface area contributed by atoms with Crippen molar-refractivity contribution < 1.29 is 22.0 Å². The van der Waals surface area contributed by atoms with E-state index in [1.807, 2.05) is 0 Å². The minimum Gasteiger partial charge on any atom is -0.344 e. The van der Waals surface area contributed by atoms with Gasteiger partial charge in [-0.15, -0.1) is 6.42 Å². The molecule has 0 N–H and O–H groups in total. The fourth-order valence-corrected chi connectivity index (χ4v) is 2.88. The molecule has 0 radical (unpaired) electrons. The lowest BCUT2D eigenvalue weighted by atomic mass is 10.0. The first kappa shape index (κ1) is 18.2. The zero-order chi connectivity index (χ0) is 19.4. The van der Waals surface area contributed by atoms with E-state index in [0.29, 0.717) is 6.20 Å². The maximum atomic E-state index is 13.2. The number of alkyl halides is 5. The van der Waals surface area contributed by atoms with Crippen molar-refractivity contribution in [1.82, 2.24) is 9.38 Å². The number of hydrogen-bond acceptors (Lipinski definition) is 3. The predicted octanol–water partition coefficient (Wildman–Crippen LogP) is 3.21. The van der Waals surface area contributed by atoms with Crippen LogP contribution in [0.4, 0.5) is 27.8 Å². The van der Waals surface area contributed by atoms with Crippen LogP contribution in [0.5, 0.6) is 0 Å². The van der Waals surface area contributed by atoms with E-state index in [-0.39, 0.29) is 22.6 Å². The summed E-state index contributed by atoms with van der Waals surface area (Å²) in [5, 5.41) is 0. The van der Waals surface area contributed by atoms with Crippen LogP contribution in [-0.2, 0) is 6.18 Å². The van der Waals surface area contributed by atoms with Crippen LogP contribution in [0.1, 0.15) is 29.5 Å². The van der Waals surface area contributed by atoms with Gasteiger partial charge in [-0.3, -0.25) is 9.20 Å². The molecule has 3 rings (SSSR count). The van der Waals surface area contributed by atoms with Gasteiger partial charge < -0.3 is 4.90 Å². The minimum atomic E-state index is -4.68. The average Bonchev–Trinajstić information content (AvgIpc) is 2.53. The second kappa shape index (κ2) is 5.69. The summed E-state index contributed by atoms with van der Waals surface area (Å²) in [5.41, 5.74) is -1.82. The highest BCUT2D eigenvalue weighted by Crippen LogP contribution is 2.35. The molecule has 26 heavy (non-hydrogen) atoms. The number of hydrogen-bond donors (Lipinski definition) is 0. The van der Waals surface area contributed by atoms with Crippen LogP contribution in [0.2, 0.25) is 0 Å². The first-order chi connectivity index (χ1) is 11.9. The summed E-state index contributed by atoms with van der Waals surface area (Å²) in [6.07, 6.45) is 1.31. The lowest BCUT2D eigenvalue weighted by Gasteiger charge is -2.40. The third-order valence-electron chi connectivity index (χ3n) is 4.34. The predicted molar refractivity (Wildman–Crippen MR) is 85.6 cm³/mol. The van der Waals surface area contributed by atoms with E-state index in [4.69, 9.17) is 6.42 Å². The van der Waals surface area contributed by atoms with Gasteiger partial charge in [0.2, 0.25) is 0 Å². The molecule has 4 nitrogen and oxygen atoms in total. The topological polar surface area (TPSA) is 37.6 Å². The SMILES string of the molecule is C#C[C@@H](C)c1cc(C(F)(F)F)cn2c(=O)c(C)c(N3CC(F)(F)C3)nc12. The Morgan fingerprint density at radius 3 is 2.46 bits per heavy atom. The fraction of sp³-hybridized carbons (Fsp3) is 0.412. The van der Waals surface area contributed by atoms with Crippen molar-refractivity contribution in [3.8, 4) is 12.3 Å². The Morgan fingerprint density at radius 1 is 1.35 bits per heavy atom. The number of anilines is 1. The second-order valence-corrected chi connectivity index (χ2v) is 6.34. The lowest BCUT2D eigenvalue weighted by molar-refractivity contribution is -0.137. The molecule has 0 bridgehead atoms. The lowest BCUT2D eigenvalue weighted by Crippen LogP contribution is -2.57. The Labute approximate surface area is 145 Å². The van der Waals surface area contributed by atoms with Gasteiger partial charge in [0.25, 0.3) is 11.5 Å². The molecule has 0 unspecified atom stereocenters. The number of halogens is 5. The number of aromatic nitrogens is 2. The van der Waals surface area contributed by atoms with Crippen LogP contribution in [0.25, 0.3) is 5.65 Å². The molecular weight excluding hydrogens is 357 g/mol. The smallest absolute Gasteiger partial charge is 0.344 e. The van der Waals surface area contributed by atoms with Gasteiger partial charge in [0.1, 0.15) is 11.5 Å². The van der Waals surface area contributed by atoms with Crippen LogP contribution < -0.4 is 10.5 Å². The molecule has 0 amide bonds. The molecule has 2 aromatic heterocycles. The van der Waals surface area contributed by atoms with Gasteiger partial charge in [0, 0.05) is 17.7 Å². The highest BCUT2D eigenvalue weighted by Gasteiger charge is 2.45. The Bertz CT molecular complexity index is 979. The highest BCUT2D eigenvalue weighted by molar-refractivity contribution is 5.60. The zero-order valence-corrected chi connectivity index (χ0v) is 13.9. The molecule has 138 valence electrons. The van der Waals surface area contributed by atoms with Crippen LogP contribution in [0, 0.1) is 19.3 Å². The first-order valence-corrected chi connectivity index (χ1v) is 7.67. The van der Waals surface area contributed by atoms with E-state index in [2.05, 4.69) is 10.9 Å². The molecule has 0 saturated carbocycles. The number of terminal acetylenes is 1. The minimum absolute atomic E-state index is 0.00312. The van der Waals surface area contributed by atoms with Crippen molar-refractivity contribution in [2.75, 3.05) is 18.0 Å². The van der Waals surface area contributed by atoms with Crippen molar-refractivity contribution in [2.45, 2.75) is 31.9 Å². The zero-order valence-electron chi connectivity index (χ0n) is 13.9. The van der Waals surface area contributed by atoms with Crippen LogP contribution >= 0.6 is 0 Å². The third-order valence-corrected chi connectivity index (χ3v) is 4.34. The van der Waals surface area contributed by atoms with E-state index in [9.17, 15) is 26.7 Å². The summed E-state index contributed by atoms with van der Waals surface area (Å²) in [6, 6.07) is 0.843. The summed E-state index contributed by atoms with van der Waals surface area (Å²) in [7, 11) is 0. The Morgan fingerprint density at radius 2 is 1.96 bits per heavy atom. The molecule has 0 aliphatic carbocycles. The number of fused-ring (bicyclic) bond motifs is 1. The molecule has 1 fully saturated rings. The molecule has 1 aliphatic heterocycles. The molecule has 0 spiro atoms. The van der Waals surface area contributed by atoms with Gasteiger partial charge in [-0.25, -0.2) is 13.8 Å². The standard InChI is InChI=1S/C17H14F5N3O/c1-4-9(2)12-5-11(17(20,21)22)6-25-14(12)23-13(10(3)15(25)26)24-7-16(18,19)8-24/h1,5-6,9H,7-8H2,2-3H3/t9-/m1/s1. The molecule has 1 aliphatic rings. The third kappa shape index (κ3) is 2.89. The monoisotopic (exact) mass is 371 g/mol. The number of nitrogens with zero attached hydrogens (tertiary/aromatic N) is 3. The van der Waals surface area contributed by atoms with Gasteiger partial charge in [-0.05, 0) is 19.9 Å². The highest BCUT2D eigenvalue weighted by atomic mass is 19.4. The molecule has 3 heterocycles. The van der Waals surface area contributed by atoms with Crippen molar-refractivity contribution >= 4 is 11.5 Å². The fourth-order valence-electron chi connectivity index (χ4n) is 2.88. The van der Waals surface area contributed by atoms with Gasteiger partial charge in [0.05, 0.1) is 24.2 Å². The Balaban J connectivity index is 2.30. The summed E-state index contributed by atoms with van der Waals surface area (Å²) in [6.45, 7) is 1.64. The van der Waals surface area contributed by atoms with Crippen molar-refractivity contribution in [3.63, 3.8) is 0 Å². The molecule has 0 aromatic carbocycles. The molecule has 9 heteroatoms. The number of rotatable bonds is 2. The van der Waals surface area contributed by atoms with E-state index < -0.39 is 42.2 Å². The average molecular weight is 371 g/mol. The van der Waals surface area contributed by atoms with Crippen molar-refractivity contribution in [3.05, 3.63) is 39.3 Å². The van der Waals surface area contributed by atoms with E-state index in [0.717, 1.165) is 10.5 Å². The van der Waals surface area contributed by atoms with Crippen LogP contribution in [0.3, 0.4) is 0 Å². The van der Waals surface area contributed by atoms with Gasteiger partial charge in [0.15, 0.2) is 0 Å². The molecular formula is C17H14F5N3O. The number of pyridine rings is 1. The van der Waals surface area contributed by atoms with Crippen molar-refractivity contribution in [1.29, 1.82) is 0 Å². The van der Waals surface area contributed by atoms with Crippen LogP contribution in [0.15, 0.2) is 17.1 Å². The van der Waals surface area contributed by atoms with E-state index >= 15 is 0 Å². The largest absolute Gasteiger partial charge is 0.417 e. The maximum Gasteiger partial charge on any atom is 0.417 e. The summed E-state index contributed by atoms with van der Waals surface area (Å²) < 4.78 is 66.6. The summed E-state index contributed by atoms with van der Waals surface area (Å²) in [4.78, 5) is 18.0. The van der Waals surface area contributed by atoms with E-state index in [1.165, 1.54) is 18.7 Å². The quantitative estimate of drug-likeness (QED) is 0.601. The van der Waals surface area contributed by atoms with Gasteiger partial charge in [-0.2, -0.15) is 13.2 Å². The van der Waals surface area contributed by atoms with Crippen molar-refractivity contribution in [2.24, 2.45) is 0 Å². The van der Waals surface area contributed by atoms with E-state index in [1.54, 1.807) is 0 Å². The maximum absolute atomic E-state index is 13.2. The van der Waals surface area contributed by atoms with Crippen LogP contribution in [-0.4, -0.2) is 28.4 Å². The van der Waals surface area contributed by atoms with Gasteiger partial charge in [-0.1, -0.05) is 5.92 Å². The molecule has 1 saturated heterocycles. The Hall–Kier alpha value is -2.63. The normalized spacial score (nSPS) is 17.7. The first-order valence-electron chi connectivity index (χ1n) is 7.67. The summed E-state index contributed by atoms with van der Waals surface area (Å²) in [5.74, 6) is -1.28. The second-order valence-electron chi connectivity index (χ2n) is 6.34.